The zero-order chi connectivity index (χ0) is 14.7. The molecule has 2 nitrogen and oxygen atoms in total. The molecule has 0 aliphatic heterocycles. The molecule has 0 aliphatic carbocycles. The smallest absolute Gasteiger partial charge is 0.129 e. The van der Waals surface area contributed by atoms with Crippen LogP contribution in [0.15, 0.2) is 45.3 Å². The molecule has 106 valence electrons. The second-order valence-electron chi connectivity index (χ2n) is 4.29. The Hall–Kier alpha value is -0.820. The molecule has 0 aromatic heterocycles. The summed E-state index contributed by atoms with van der Waals surface area (Å²) >= 11 is 6.63. The molecule has 3 N–H and O–H groups in total. The third-order valence-electron chi connectivity index (χ3n) is 2.99. The predicted molar refractivity (Wildman–Crippen MR) is 82.0 cm³/mol. The molecule has 1 unspecified atom stereocenters. The lowest BCUT2D eigenvalue weighted by Crippen LogP contribution is -2.30. The fraction of sp³-hybridized carbons (Fsp3) is 0.143. The average molecular weight is 406 g/mol. The van der Waals surface area contributed by atoms with E-state index in [-0.39, 0.29) is 11.6 Å². The molecule has 2 aromatic rings. The Morgan fingerprint density at radius 2 is 1.85 bits per heavy atom. The van der Waals surface area contributed by atoms with Crippen molar-refractivity contribution in [2.75, 3.05) is 0 Å². The van der Waals surface area contributed by atoms with Gasteiger partial charge in [0.15, 0.2) is 0 Å². The van der Waals surface area contributed by atoms with Crippen molar-refractivity contribution in [2.45, 2.75) is 12.5 Å². The van der Waals surface area contributed by atoms with Crippen molar-refractivity contribution < 1.29 is 8.78 Å². The number of rotatable bonds is 4. The largest absolute Gasteiger partial charge is 0.271 e. The molecule has 0 saturated heterocycles. The van der Waals surface area contributed by atoms with Crippen molar-refractivity contribution in [1.29, 1.82) is 0 Å². The first kappa shape index (κ1) is 15.6. The lowest BCUT2D eigenvalue weighted by molar-refractivity contribution is 0.507. The predicted octanol–water partition coefficient (Wildman–Crippen LogP) is 4.24. The summed E-state index contributed by atoms with van der Waals surface area (Å²) in [5, 5.41) is 0. The van der Waals surface area contributed by atoms with E-state index in [0.717, 1.165) is 5.56 Å². The van der Waals surface area contributed by atoms with Crippen LogP contribution in [-0.4, -0.2) is 0 Å². The highest BCUT2D eigenvalue weighted by atomic mass is 79.9. The number of hydrogen-bond donors (Lipinski definition) is 2. The van der Waals surface area contributed by atoms with Crippen LogP contribution in [0.1, 0.15) is 17.2 Å². The highest BCUT2D eigenvalue weighted by molar-refractivity contribution is 9.10. The van der Waals surface area contributed by atoms with Crippen LogP contribution in [0.5, 0.6) is 0 Å². The van der Waals surface area contributed by atoms with E-state index in [9.17, 15) is 8.78 Å². The number of halogens is 4. The van der Waals surface area contributed by atoms with E-state index >= 15 is 0 Å². The molecule has 20 heavy (non-hydrogen) atoms. The van der Waals surface area contributed by atoms with E-state index in [4.69, 9.17) is 5.84 Å². The minimum atomic E-state index is -0.424. The summed E-state index contributed by atoms with van der Waals surface area (Å²) in [4.78, 5) is 0. The summed E-state index contributed by atoms with van der Waals surface area (Å²) in [5.74, 6) is 4.87. The molecule has 2 rings (SSSR count). The topological polar surface area (TPSA) is 38.0 Å². The van der Waals surface area contributed by atoms with Gasteiger partial charge in [-0.25, -0.2) is 8.78 Å². The molecular weight excluding hydrogens is 394 g/mol. The Balaban J connectivity index is 2.34. The molecule has 0 spiro atoms. The van der Waals surface area contributed by atoms with Gasteiger partial charge in [-0.1, -0.05) is 44.0 Å². The number of hydrazine groups is 1. The van der Waals surface area contributed by atoms with E-state index < -0.39 is 6.04 Å². The first-order valence-corrected chi connectivity index (χ1v) is 7.45. The Bertz CT molecular complexity index is 600. The molecule has 0 radical (unpaired) electrons. The SMILES string of the molecule is NNC(Cc1ccc(F)cc1Br)c1c(F)cccc1Br. The number of hydrogen-bond acceptors (Lipinski definition) is 2. The number of benzene rings is 2. The average Bonchev–Trinajstić information content (AvgIpc) is 2.39. The quantitative estimate of drug-likeness (QED) is 0.589. The van der Waals surface area contributed by atoms with Gasteiger partial charge in [-0.15, -0.1) is 0 Å². The minimum Gasteiger partial charge on any atom is -0.271 e. The lowest BCUT2D eigenvalue weighted by atomic mass is 9.99. The maximum atomic E-state index is 14.0. The Kier molecular flexibility index (Phi) is 5.26. The molecule has 0 fully saturated rings. The summed E-state index contributed by atoms with van der Waals surface area (Å²) in [6, 6.07) is 8.71. The molecule has 6 heteroatoms. The zero-order valence-electron chi connectivity index (χ0n) is 10.3. The van der Waals surface area contributed by atoms with E-state index in [1.165, 1.54) is 18.2 Å². The van der Waals surface area contributed by atoms with Crippen LogP contribution in [-0.2, 0) is 6.42 Å². The van der Waals surface area contributed by atoms with Crippen LogP contribution in [0.3, 0.4) is 0 Å². The molecule has 0 heterocycles. The van der Waals surface area contributed by atoms with Crippen molar-refractivity contribution in [3.63, 3.8) is 0 Å². The molecule has 0 bridgehead atoms. The lowest BCUT2D eigenvalue weighted by Gasteiger charge is -2.19. The monoisotopic (exact) mass is 404 g/mol. The molecule has 0 aliphatic rings. The molecular formula is C14H12Br2F2N2. The first-order valence-electron chi connectivity index (χ1n) is 5.87. The van der Waals surface area contributed by atoms with Crippen molar-refractivity contribution in [1.82, 2.24) is 5.43 Å². The second kappa shape index (κ2) is 6.76. The Labute approximate surface area is 132 Å². The third-order valence-corrected chi connectivity index (χ3v) is 4.42. The Morgan fingerprint density at radius 3 is 2.45 bits per heavy atom. The molecule has 1 atom stereocenters. The van der Waals surface area contributed by atoms with E-state index in [1.807, 2.05) is 0 Å². The van der Waals surface area contributed by atoms with Gasteiger partial charge in [-0.3, -0.25) is 11.3 Å². The third kappa shape index (κ3) is 3.44. The van der Waals surface area contributed by atoms with Gasteiger partial charge in [0.25, 0.3) is 0 Å². The second-order valence-corrected chi connectivity index (χ2v) is 6.00. The molecule has 0 amide bonds. The summed E-state index contributed by atoms with van der Waals surface area (Å²) in [7, 11) is 0. The zero-order valence-corrected chi connectivity index (χ0v) is 13.5. The fourth-order valence-electron chi connectivity index (χ4n) is 2.00. The highest BCUT2D eigenvalue weighted by Gasteiger charge is 2.19. The summed E-state index contributed by atoms with van der Waals surface area (Å²) in [6.07, 6.45) is 0.427. The summed E-state index contributed by atoms with van der Waals surface area (Å²) < 4.78 is 28.3. The standard InChI is InChI=1S/C14H12Br2F2N2/c15-10-2-1-3-12(18)14(10)13(20-19)6-8-4-5-9(17)7-11(8)16/h1-5,7,13,20H,6,19H2. The van der Waals surface area contributed by atoms with Crippen LogP contribution < -0.4 is 11.3 Å². The minimum absolute atomic E-state index is 0.329. The van der Waals surface area contributed by atoms with Gasteiger partial charge in [0.05, 0.1) is 6.04 Å². The van der Waals surface area contributed by atoms with Gasteiger partial charge in [0.2, 0.25) is 0 Å². The number of nitrogens with two attached hydrogens (primary N) is 1. The summed E-state index contributed by atoms with van der Waals surface area (Å²) in [6.45, 7) is 0. The van der Waals surface area contributed by atoms with Crippen molar-refractivity contribution in [3.05, 3.63) is 68.1 Å². The van der Waals surface area contributed by atoms with Crippen LogP contribution in [0.4, 0.5) is 8.78 Å². The highest BCUT2D eigenvalue weighted by Crippen LogP contribution is 2.30. The van der Waals surface area contributed by atoms with Crippen molar-refractivity contribution in [3.8, 4) is 0 Å². The van der Waals surface area contributed by atoms with Crippen LogP contribution in [0.2, 0.25) is 0 Å². The number of nitrogens with one attached hydrogen (secondary N) is 1. The van der Waals surface area contributed by atoms with Gasteiger partial charge in [0, 0.05) is 14.5 Å². The fourth-order valence-corrected chi connectivity index (χ4v) is 3.13. The van der Waals surface area contributed by atoms with Gasteiger partial charge in [0.1, 0.15) is 11.6 Å². The van der Waals surface area contributed by atoms with Crippen molar-refractivity contribution >= 4 is 31.9 Å². The summed E-state index contributed by atoms with van der Waals surface area (Å²) in [5.41, 5.74) is 3.89. The first-order chi connectivity index (χ1) is 9.52. The maximum Gasteiger partial charge on any atom is 0.129 e. The molecule has 0 saturated carbocycles. The molecule has 2 aromatic carbocycles. The van der Waals surface area contributed by atoms with Crippen LogP contribution in [0, 0.1) is 11.6 Å². The van der Waals surface area contributed by atoms with Crippen LogP contribution in [0.25, 0.3) is 0 Å². The van der Waals surface area contributed by atoms with E-state index in [2.05, 4.69) is 37.3 Å². The van der Waals surface area contributed by atoms with E-state index in [1.54, 1.807) is 18.2 Å². The van der Waals surface area contributed by atoms with Crippen LogP contribution >= 0.6 is 31.9 Å². The van der Waals surface area contributed by atoms with Gasteiger partial charge < -0.3 is 0 Å². The van der Waals surface area contributed by atoms with E-state index in [0.29, 0.717) is 20.9 Å². The normalized spacial score (nSPS) is 12.4. The van der Waals surface area contributed by atoms with Gasteiger partial charge in [-0.2, -0.15) is 0 Å². The maximum absolute atomic E-state index is 14.0. The van der Waals surface area contributed by atoms with Crippen molar-refractivity contribution in [2.24, 2.45) is 5.84 Å². The van der Waals surface area contributed by atoms with Gasteiger partial charge >= 0.3 is 0 Å². The van der Waals surface area contributed by atoms with Gasteiger partial charge in [-0.05, 0) is 36.2 Å². The Morgan fingerprint density at radius 1 is 1.10 bits per heavy atom.